The second-order valence-electron chi connectivity index (χ2n) is 5.01. The number of carbonyl (C=O) groups is 1. The van der Waals surface area contributed by atoms with Crippen molar-refractivity contribution >= 4 is 17.7 Å². The van der Waals surface area contributed by atoms with Gasteiger partial charge in [-0.05, 0) is 35.8 Å². The molecule has 0 radical (unpaired) electrons. The number of nitrogens with zero attached hydrogens (tertiary/aromatic N) is 1. The molecule has 0 amide bonds. The second kappa shape index (κ2) is 6.75. The summed E-state index contributed by atoms with van der Waals surface area (Å²) in [5.41, 5.74) is 4.43. The van der Waals surface area contributed by atoms with Crippen molar-refractivity contribution in [2.45, 2.75) is 13.5 Å². The van der Waals surface area contributed by atoms with Gasteiger partial charge in [-0.2, -0.15) is 0 Å². The summed E-state index contributed by atoms with van der Waals surface area (Å²) < 4.78 is 0. The van der Waals surface area contributed by atoms with E-state index in [1.807, 2.05) is 43.4 Å². The normalized spacial score (nSPS) is 10.8. The Morgan fingerprint density at radius 1 is 1.14 bits per heavy atom. The highest BCUT2D eigenvalue weighted by molar-refractivity contribution is 5.85. The molecule has 0 aliphatic carbocycles. The van der Waals surface area contributed by atoms with Crippen molar-refractivity contribution in [3.8, 4) is 0 Å². The second-order valence-corrected chi connectivity index (χ2v) is 5.01. The molecule has 0 bridgehead atoms. The molecule has 0 spiro atoms. The minimum Gasteiger partial charge on any atom is -0.478 e. The molecule has 0 unspecified atom stereocenters. The topological polar surface area (TPSA) is 40.5 Å². The smallest absolute Gasteiger partial charge is 0.328 e. The zero-order valence-corrected chi connectivity index (χ0v) is 12.3. The van der Waals surface area contributed by atoms with Gasteiger partial charge >= 0.3 is 5.97 Å². The van der Waals surface area contributed by atoms with E-state index >= 15 is 0 Å². The molecule has 21 heavy (non-hydrogen) atoms. The van der Waals surface area contributed by atoms with Gasteiger partial charge in [-0.1, -0.05) is 42.5 Å². The number of benzene rings is 2. The predicted octanol–water partition coefficient (Wildman–Crippen LogP) is 3.73. The molecule has 2 aromatic carbocycles. The maximum absolute atomic E-state index is 10.7. The minimum absolute atomic E-state index is 0.727. The van der Waals surface area contributed by atoms with Crippen LogP contribution in [0.4, 0.5) is 5.69 Å². The van der Waals surface area contributed by atoms with Crippen molar-refractivity contribution in [2.75, 3.05) is 11.9 Å². The van der Waals surface area contributed by atoms with Crippen LogP contribution in [0.2, 0.25) is 0 Å². The van der Waals surface area contributed by atoms with Gasteiger partial charge in [0.1, 0.15) is 0 Å². The number of carboxylic acids is 1. The number of aryl methyl sites for hydroxylation is 1. The summed E-state index contributed by atoms with van der Waals surface area (Å²) in [5.74, 6) is -0.933. The number of anilines is 1. The Labute approximate surface area is 125 Å². The van der Waals surface area contributed by atoms with Crippen molar-refractivity contribution in [1.82, 2.24) is 0 Å². The first-order valence-electron chi connectivity index (χ1n) is 6.83. The summed E-state index contributed by atoms with van der Waals surface area (Å²) in [6, 6.07) is 16.1. The van der Waals surface area contributed by atoms with Crippen LogP contribution in [-0.4, -0.2) is 18.1 Å². The quantitative estimate of drug-likeness (QED) is 0.849. The van der Waals surface area contributed by atoms with Crippen LogP contribution in [0, 0.1) is 6.92 Å². The van der Waals surface area contributed by atoms with Crippen LogP contribution >= 0.6 is 0 Å². The van der Waals surface area contributed by atoms with Crippen LogP contribution < -0.4 is 4.90 Å². The summed E-state index contributed by atoms with van der Waals surface area (Å²) in [7, 11) is 2.04. The number of carboxylic acid groups (broad SMARTS) is 1. The molecule has 0 aromatic heterocycles. The zero-order chi connectivity index (χ0) is 15.2. The van der Waals surface area contributed by atoms with Crippen LogP contribution in [0.15, 0.2) is 54.6 Å². The minimum atomic E-state index is -0.933. The molecular formula is C18H19NO2. The fourth-order valence-electron chi connectivity index (χ4n) is 2.33. The molecule has 1 N–H and O–H groups in total. The summed E-state index contributed by atoms with van der Waals surface area (Å²) in [6.07, 6.45) is 2.82. The van der Waals surface area contributed by atoms with E-state index in [9.17, 15) is 4.79 Å². The van der Waals surface area contributed by atoms with Gasteiger partial charge in [0.15, 0.2) is 0 Å². The molecule has 108 valence electrons. The van der Waals surface area contributed by atoms with Crippen molar-refractivity contribution in [2.24, 2.45) is 0 Å². The molecule has 2 aromatic rings. The van der Waals surface area contributed by atoms with Gasteiger partial charge in [0.05, 0.1) is 0 Å². The Kier molecular flexibility index (Phi) is 4.77. The number of aliphatic carboxylic acids is 1. The fourth-order valence-corrected chi connectivity index (χ4v) is 2.33. The molecule has 0 saturated heterocycles. The van der Waals surface area contributed by atoms with E-state index in [2.05, 4.69) is 24.0 Å². The van der Waals surface area contributed by atoms with Crippen LogP contribution in [0.1, 0.15) is 16.7 Å². The Hall–Kier alpha value is -2.55. The predicted molar refractivity (Wildman–Crippen MR) is 86.4 cm³/mol. The largest absolute Gasteiger partial charge is 0.478 e. The lowest BCUT2D eigenvalue weighted by atomic mass is 10.1. The van der Waals surface area contributed by atoms with Gasteiger partial charge in [-0.15, -0.1) is 0 Å². The summed E-state index contributed by atoms with van der Waals surface area (Å²) in [4.78, 5) is 12.8. The molecule has 3 nitrogen and oxygen atoms in total. The molecule has 0 aliphatic rings. The van der Waals surface area contributed by atoms with Gasteiger partial charge in [-0.25, -0.2) is 4.79 Å². The Balaban J connectivity index is 2.24. The van der Waals surface area contributed by atoms with E-state index in [0.29, 0.717) is 0 Å². The summed E-state index contributed by atoms with van der Waals surface area (Å²) in [5, 5.41) is 8.76. The average molecular weight is 281 g/mol. The van der Waals surface area contributed by atoms with Crippen molar-refractivity contribution < 1.29 is 9.90 Å². The monoisotopic (exact) mass is 281 g/mol. The van der Waals surface area contributed by atoms with E-state index in [-0.39, 0.29) is 0 Å². The molecular weight excluding hydrogens is 262 g/mol. The summed E-state index contributed by atoms with van der Waals surface area (Å²) in [6.45, 7) is 2.81. The number of hydrogen-bond acceptors (Lipinski definition) is 2. The zero-order valence-electron chi connectivity index (χ0n) is 12.3. The van der Waals surface area contributed by atoms with Gasteiger partial charge in [0, 0.05) is 25.4 Å². The van der Waals surface area contributed by atoms with Crippen LogP contribution in [-0.2, 0) is 11.3 Å². The van der Waals surface area contributed by atoms with E-state index in [1.165, 1.54) is 17.3 Å². The lowest BCUT2D eigenvalue weighted by Gasteiger charge is -2.22. The number of para-hydroxylation sites is 1. The van der Waals surface area contributed by atoms with E-state index in [0.717, 1.165) is 17.7 Å². The average Bonchev–Trinajstić information content (AvgIpc) is 2.46. The maximum atomic E-state index is 10.7. The van der Waals surface area contributed by atoms with Gasteiger partial charge in [0.25, 0.3) is 0 Å². The molecule has 0 saturated carbocycles. The van der Waals surface area contributed by atoms with Crippen LogP contribution in [0.25, 0.3) is 6.08 Å². The SMILES string of the molecule is Cc1ccccc1N(C)Cc1ccccc1C=CC(=O)O. The highest BCUT2D eigenvalue weighted by Gasteiger charge is 2.07. The van der Waals surface area contributed by atoms with Gasteiger partial charge in [0.2, 0.25) is 0 Å². The fraction of sp³-hybridized carbons (Fsp3) is 0.167. The third-order valence-corrected chi connectivity index (χ3v) is 3.39. The van der Waals surface area contributed by atoms with Crippen LogP contribution in [0.3, 0.4) is 0 Å². The van der Waals surface area contributed by atoms with Crippen molar-refractivity contribution in [3.05, 3.63) is 71.3 Å². The highest BCUT2D eigenvalue weighted by atomic mass is 16.4. The lowest BCUT2D eigenvalue weighted by Crippen LogP contribution is -2.17. The number of rotatable bonds is 5. The van der Waals surface area contributed by atoms with E-state index in [1.54, 1.807) is 6.08 Å². The van der Waals surface area contributed by atoms with E-state index < -0.39 is 5.97 Å². The first kappa shape index (κ1) is 14.9. The lowest BCUT2D eigenvalue weighted by molar-refractivity contribution is -0.131. The van der Waals surface area contributed by atoms with E-state index in [4.69, 9.17) is 5.11 Å². The Bertz CT molecular complexity index is 662. The maximum Gasteiger partial charge on any atom is 0.328 e. The first-order chi connectivity index (χ1) is 10.1. The van der Waals surface area contributed by atoms with Gasteiger partial charge in [-0.3, -0.25) is 0 Å². The highest BCUT2D eigenvalue weighted by Crippen LogP contribution is 2.21. The molecule has 0 fully saturated rings. The Morgan fingerprint density at radius 2 is 1.81 bits per heavy atom. The molecule has 3 heteroatoms. The Morgan fingerprint density at radius 3 is 2.52 bits per heavy atom. The van der Waals surface area contributed by atoms with Crippen molar-refractivity contribution in [3.63, 3.8) is 0 Å². The number of hydrogen-bond donors (Lipinski definition) is 1. The molecule has 0 heterocycles. The van der Waals surface area contributed by atoms with Crippen molar-refractivity contribution in [1.29, 1.82) is 0 Å². The third kappa shape index (κ3) is 3.96. The first-order valence-corrected chi connectivity index (χ1v) is 6.83. The third-order valence-electron chi connectivity index (χ3n) is 3.39. The molecule has 0 aliphatic heterocycles. The van der Waals surface area contributed by atoms with Gasteiger partial charge < -0.3 is 10.0 Å². The van der Waals surface area contributed by atoms with Crippen LogP contribution in [0.5, 0.6) is 0 Å². The molecule has 0 atom stereocenters. The standard InChI is InChI=1S/C18H19NO2/c1-14-7-3-6-10-17(14)19(2)13-16-9-5-4-8-15(16)11-12-18(20)21/h3-12H,13H2,1-2H3,(H,20,21). The summed E-state index contributed by atoms with van der Waals surface area (Å²) >= 11 is 0. The molecule has 2 rings (SSSR count).